The van der Waals surface area contributed by atoms with Gasteiger partial charge in [0.25, 0.3) is 0 Å². The van der Waals surface area contributed by atoms with Crippen molar-refractivity contribution in [1.82, 2.24) is 15.5 Å². The Bertz CT molecular complexity index is 663. The first-order valence-electron chi connectivity index (χ1n) is 7.69. The monoisotopic (exact) mass is 303 g/mol. The van der Waals surface area contributed by atoms with E-state index in [0.29, 0.717) is 17.6 Å². The van der Waals surface area contributed by atoms with E-state index in [1.807, 2.05) is 0 Å². The average Bonchev–Trinajstić information content (AvgIpc) is 3.21. The summed E-state index contributed by atoms with van der Waals surface area (Å²) >= 11 is 0. The number of hydrogen-bond acceptors (Lipinski definition) is 5. The van der Waals surface area contributed by atoms with E-state index in [1.54, 1.807) is 18.2 Å². The number of ether oxygens (including phenoxy) is 1. The highest BCUT2D eigenvalue weighted by Gasteiger charge is 2.51. The Balaban J connectivity index is 1.49. The van der Waals surface area contributed by atoms with Crippen molar-refractivity contribution in [3.8, 4) is 5.75 Å². The van der Waals surface area contributed by atoms with Gasteiger partial charge in [-0.3, -0.25) is 0 Å². The van der Waals surface area contributed by atoms with Crippen LogP contribution in [-0.2, 0) is 12.0 Å². The molecule has 0 spiro atoms. The number of para-hydroxylation sites is 1. The van der Waals surface area contributed by atoms with Crippen molar-refractivity contribution in [1.29, 1.82) is 0 Å². The molecule has 2 atom stereocenters. The van der Waals surface area contributed by atoms with Crippen LogP contribution < -0.4 is 10.1 Å². The molecule has 0 amide bonds. The first-order chi connectivity index (χ1) is 10.8. The first kappa shape index (κ1) is 13.7. The number of hydrogen-bond donors (Lipinski definition) is 1. The average molecular weight is 303 g/mol. The largest absolute Gasteiger partial charge is 0.482 e. The quantitative estimate of drug-likeness (QED) is 0.940. The van der Waals surface area contributed by atoms with Gasteiger partial charge in [-0.2, -0.15) is 4.98 Å². The number of halogens is 1. The van der Waals surface area contributed by atoms with Crippen LogP contribution in [0.1, 0.15) is 31.0 Å². The van der Waals surface area contributed by atoms with Crippen LogP contribution in [0.2, 0.25) is 0 Å². The minimum absolute atomic E-state index is 0.0107. The molecule has 0 radical (unpaired) electrons. The molecule has 1 saturated carbocycles. The SMILES string of the molecule is Fc1ccccc1OCc1noc([C@@]23CCC[C@@H]2CNC3)n1. The zero-order valence-electron chi connectivity index (χ0n) is 12.2. The van der Waals surface area contributed by atoms with Gasteiger partial charge in [0.1, 0.15) is 0 Å². The summed E-state index contributed by atoms with van der Waals surface area (Å²) in [7, 11) is 0. The van der Waals surface area contributed by atoms with Crippen LogP contribution in [0.4, 0.5) is 4.39 Å². The summed E-state index contributed by atoms with van der Waals surface area (Å²) in [5.74, 6) is 1.56. The van der Waals surface area contributed by atoms with Crippen LogP contribution in [0.25, 0.3) is 0 Å². The minimum atomic E-state index is -0.388. The zero-order valence-corrected chi connectivity index (χ0v) is 12.2. The van der Waals surface area contributed by atoms with E-state index in [9.17, 15) is 4.39 Å². The van der Waals surface area contributed by atoms with Crippen molar-refractivity contribution >= 4 is 0 Å². The number of rotatable bonds is 4. The van der Waals surface area contributed by atoms with E-state index < -0.39 is 0 Å². The molecule has 6 heteroatoms. The Morgan fingerprint density at radius 2 is 2.32 bits per heavy atom. The molecular weight excluding hydrogens is 285 g/mol. The molecule has 0 bridgehead atoms. The highest BCUT2D eigenvalue weighted by Crippen LogP contribution is 2.47. The van der Waals surface area contributed by atoms with Gasteiger partial charge in [-0.05, 0) is 37.4 Å². The lowest BCUT2D eigenvalue weighted by atomic mass is 9.80. The van der Waals surface area contributed by atoms with Crippen molar-refractivity contribution in [2.24, 2.45) is 5.92 Å². The molecular formula is C16H18FN3O2. The van der Waals surface area contributed by atoms with E-state index in [1.165, 1.54) is 18.9 Å². The summed E-state index contributed by atoms with van der Waals surface area (Å²) in [4.78, 5) is 4.51. The molecule has 1 N–H and O–H groups in total. The fourth-order valence-corrected chi connectivity index (χ4v) is 3.72. The van der Waals surface area contributed by atoms with Gasteiger partial charge in [0.2, 0.25) is 11.7 Å². The van der Waals surface area contributed by atoms with E-state index in [2.05, 4.69) is 15.5 Å². The minimum Gasteiger partial charge on any atom is -0.482 e. The molecule has 2 aromatic rings. The third-order valence-corrected chi connectivity index (χ3v) is 4.88. The van der Waals surface area contributed by atoms with Crippen molar-refractivity contribution in [3.63, 3.8) is 0 Å². The summed E-state index contributed by atoms with van der Waals surface area (Å²) < 4.78 is 24.5. The van der Waals surface area contributed by atoms with Crippen molar-refractivity contribution in [3.05, 3.63) is 41.8 Å². The second-order valence-corrected chi connectivity index (χ2v) is 6.11. The van der Waals surface area contributed by atoms with Crippen LogP contribution in [0.15, 0.2) is 28.8 Å². The molecule has 5 nitrogen and oxygen atoms in total. The Kier molecular flexibility index (Phi) is 3.33. The molecule has 1 saturated heterocycles. The van der Waals surface area contributed by atoms with Crippen molar-refractivity contribution in [2.75, 3.05) is 13.1 Å². The number of benzene rings is 1. The predicted molar refractivity (Wildman–Crippen MR) is 76.9 cm³/mol. The summed E-state index contributed by atoms with van der Waals surface area (Å²) in [6.45, 7) is 2.02. The molecule has 0 unspecified atom stereocenters. The normalized spacial score (nSPS) is 27.0. The summed E-state index contributed by atoms with van der Waals surface area (Å²) in [5, 5.41) is 7.43. The predicted octanol–water partition coefficient (Wildman–Crippen LogP) is 2.43. The van der Waals surface area contributed by atoms with E-state index in [4.69, 9.17) is 9.26 Å². The van der Waals surface area contributed by atoms with Gasteiger partial charge in [0, 0.05) is 6.54 Å². The lowest BCUT2D eigenvalue weighted by Gasteiger charge is -2.22. The Labute approximate surface area is 127 Å². The molecule has 1 aromatic carbocycles. The lowest BCUT2D eigenvalue weighted by Crippen LogP contribution is -2.31. The fourth-order valence-electron chi connectivity index (χ4n) is 3.72. The highest BCUT2D eigenvalue weighted by molar-refractivity contribution is 5.23. The maximum atomic E-state index is 13.5. The van der Waals surface area contributed by atoms with Crippen molar-refractivity contribution < 1.29 is 13.7 Å². The topological polar surface area (TPSA) is 60.2 Å². The summed E-state index contributed by atoms with van der Waals surface area (Å²) in [6.07, 6.45) is 3.49. The number of aromatic nitrogens is 2. The van der Waals surface area contributed by atoms with Gasteiger partial charge in [0.05, 0.1) is 5.41 Å². The number of nitrogens with one attached hydrogen (secondary N) is 1. The van der Waals surface area contributed by atoms with Crippen LogP contribution >= 0.6 is 0 Å². The van der Waals surface area contributed by atoms with Gasteiger partial charge in [-0.1, -0.05) is 23.7 Å². The Morgan fingerprint density at radius 1 is 1.41 bits per heavy atom. The molecule has 1 aliphatic carbocycles. The molecule has 4 rings (SSSR count). The summed E-state index contributed by atoms with van der Waals surface area (Å²) in [5.41, 5.74) is -0.0107. The van der Waals surface area contributed by atoms with Crippen LogP contribution in [0, 0.1) is 11.7 Å². The number of fused-ring (bicyclic) bond motifs is 1. The molecule has 116 valence electrons. The summed E-state index contributed by atoms with van der Waals surface area (Å²) in [6, 6.07) is 6.31. The van der Waals surface area contributed by atoms with Crippen LogP contribution in [0.3, 0.4) is 0 Å². The molecule has 2 fully saturated rings. The third kappa shape index (κ3) is 2.18. The Hall–Kier alpha value is -1.95. The lowest BCUT2D eigenvalue weighted by molar-refractivity contribution is 0.255. The third-order valence-electron chi connectivity index (χ3n) is 4.88. The molecule has 1 aliphatic heterocycles. The Morgan fingerprint density at radius 3 is 3.23 bits per heavy atom. The maximum Gasteiger partial charge on any atom is 0.234 e. The van der Waals surface area contributed by atoms with Crippen LogP contribution in [-0.4, -0.2) is 23.2 Å². The smallest absolute Gasteiger partial charge is 0.234 e. The standard InChI is InChI=1S/C16H18FN3O2/c17-12-5-1-2-6-13(12)21-9-14-19-15(22-20-14)16-7-3-4-11(16)8-18-10-16/h1-2,5-6,11,18H,3-4,7-10H2/t11-,16-/m1/s1. The van der Waals surface area contributed by atoms with E-state index in [0.717, 1.165) is 19.5 Å². The zero-order chi connectivity index (χ0) is 15.0. The van der Waals surface area contributed by atoms with E-state index in [-0.39, 0.29) is 23.6 Å². The maximum absolute atomic E-state index is 13.5. The second-order valence-electron chi connectivity index (χ2n) is 6.11. The highest BCUT2D eigenvalue weighted by atomic mass is 19.1. The molecule has 2 aliphatic rings. The molecule has 2 heterocycles. The van der Waals surface area contributed by atoms with Gasteiger partial charge >= 0.3 is 0 Å². The molecule has 1 aromatic heterocycles. The van der Waals surface area contributed by atoms with E-state index >= 15 is 0 Å². The molecule has 22 heavy (non-hydrogen) atoms. The van der Waals surface area contributed by atoms with Gasteiger partial charge in [-0.15, -0.1) is 0 Å². The van der Waals surface area contributed by atoms with Crippen LogP contribution in [0.5, 0.6) is 5.75 Å². The van der Waals surface area contributed by atoms with Gasteiger partial charge in [0.15, 0.2) is 18.2 Å². The first-order valence-corrected chi connectivity index (χ1v) is 7.69. The van der Waals surface area contributed by atoms with Gasteiger partial charge in [-0.25, -0.2) is 4.39 Å². The van der Waals surface area contributed by atoms with Crippen molar-refractivity contribution in [2.45, 2.75) is 31.3 Å². The number of nitrogens with zero attached hydrogens (tertiary/aromatic N) is 2. The van der Waals surface area contributed by atoms with Gasteiger partial charge < -0.3 is 14.6 Å². The second kappa shape index (κ2) is 5.35. The fraction of sp³-hybridized carbons (Fsp3) is 0.500.